The summed E-state index contributed by atoms with van der Waals surface area (Å²) in [7, 11) is 0. The van der Waals surface area contributed by atoms with Crippen LogP contribution >= 0.6 is 11.6 Å². The third-order valence-corrected chi connectivity index (χ3v) is 3.75. The van der Waals surface area contributed by atoms with Crippen molar-refractivity contribution in [2.75, 3.05) is 26.2 Å². The molecule has 1 fully saturated rings. The fraction of sp³-hybridized carbons (Fsp3) is 0.571. The summed E-state index contributed by atoms with van der Waals surface area (Å²) >= 11 is 6.01. The highest BCUT2D eigenvalue weighted by molar-refractivity contribution is 6.32. The molecule has 1 heterocycles. The van der Waals surface area contributed by atoms with Gasteiger partial charge in [0, 0.05) is 19.6 Å². The standard InChI is InChI=1S/C14H20ClNO2/c1-14(17)6-8-16(9-7-14)10-11-18-13-5-3-2-4-12(13)15/h2-5,17H,6-11H2,1H3. The number of rotatable bonds is 4. The molecule has 0 radical (unpaired) electrons. The van der Waals surface area contributed by atoms with Crippen LogP contribution in [0.1, 0.15) is 19.8 Å². The molecule has 0 aromatic heterocycles. The van der Waals surface area contributed by atoms with Gasteiger partial charge in [-0.25, -0.2) is 0 Å². The maximum atomic E-state index is 9.86. The Morgan fingerprint density at radius 3 is 2.67 bits per heavy atom. The molecule has 1 N–H and O–H groups in total. The maximum Gasteiger partial charge on any atom is 0.137 e. The van der Waals surface area contributed by atoms with Crippen LogP contribution < -0.4 is 4.74 Å². The van der Waals surface area contributed by atoms with Gasteiger partial charge in [-0.3, -0.25) is 4.90 Å². The number of hydrogen-bond donors (Lipinski definition) is 1. The molecule has 18 heavy (non-hydrogen) atoms. The first-order valence-electron chi connectivity index (χ1n) is 6.39. The van der Waals surface area contributed by atoms with E-state index >= 15 is 0 Å². The monoisotopic (exact) mass is 269 g/mol. The van der Waals surface area contributed by atoms with E-state index in [2.05, 4.69) is 4.90 Å². The average Bonchev–Trinajstić information content (AvgIpc) is 2.34. The Morgan fingerprint density at radius 2 is 2.00 bits per heavy atom. The van der Waals surface area contributed by atoms with Crippen LogP contribution in [0.15, 0.2) is 24.3 Å². The van der Waals surface area contributed by atoms with E-state index in [-0.39, 0.29) is 0 Å². The quantitative estimate of drug-likeness (QED) is 0.912. The van der Waals surface area contributed by atoms with Crippen LogP contribution in [0.3, 0.4) is 0 Å². The molecular formula is C14H20ClNO2. The number of nitrogens with zero attached hydrogens (tertiary/aromatic N) is 1. The van der Waals surface area contributed by atoms with Crippen molar-refractivity contribution < 1.29 is 9.84 Å². The Labute approximate surface area is 113 Å². The molecule has 0 saturated carbocycles. The van der Waals surface area contributed by atoms with Crippen LogP contribution in [-0.2, 0) is 0 Å². The summed E-state index contributed by atoms with van der Waals surface area (Å²) in [6, 6.07) is 7.51. The van der Waals surface area contributed by atoms with E-state index in [1.807, 2.05) is 31.2 Å². The minimum atomic E-state index is -0.486. The predicted octanol–water partition coefficient (Wildman–Crippen LogP) is 2.57. The number of piperidine rings is 1. The van der Waals surface area contributed by atoms with Gasteiger partial charge >= 0.3 is 0 Å². The molecule has 0 atom stereocenters. The molecule has 0 aliphatic carbocycles. The van der Waals surface area contributed by atoms with E-state index in [0.717, 1.165) is 38.2 Å². The van der Waals surface area contributed by atoms with Crippen LogP contribution in [0, 0.1) is 0 Å². The van der Waals surface area contributed by atoms with E-state index in [0.29, 0.717) is 11.6 Å². The van der Waals surface area contributed by atoms with Gasteiger partial charge in [0.2, 0.25) is 0 Å². The summed E-state index contributed by atoms with van der Waals surface area (Å²) in [5.41, 5.74) is -0.486. The number of likely N-dealkylation sites (tertiary alicyclic amines) is 1. The summed E-state index contributed by atoms with van der Waals surface area (Å²) in [5.74, 6) is 0.739. The van der Waals surface area contributed by atoms with E-state index in [1.165, 1.54) is 0 Å². The molecule has 0 spiro atoms. The third kappa shape index (κ3) is 3.87. The topological polar surface area (TPSA) is 32.7 Å². The predicted molar refractivity (Wildman–Crippen MR) is 73.2 cm³/mol. The van der Waals surface area contributed by atoms with Gasteiger partial charge in [-0.15, -0.1) is 0 Å². The largest absolute Gasteiger partial charge is 0.491 e. The van der Waals surface area contributed by atoms with Gasteiger partial charge in [-0.1, -0.05) is 23.7 Å². The molecule has 100 valence electrons. The lowest BCUT2D eigenvalue weighted by molar-refractivity contribution is -0.00767. The van der Waals surface area contributed by atoms with Gasteiger partial charge in [-0.2, -0.15) is 0 Å². The Hall–Kier alpha value is -0.770. The maximum absolute atomic E-state index is 9.86. The van der Waals surface area contributed by atoms with Crippen molar-refractivity contribution >= 4 is 11.6 Å². The lowest BCUT2D eigenvalue weighted by Crippen LogP contribution is -2.43. The van der Waals surface area contributed by atoms with Crippen LogP contribution in [0.4, 0.5) is 0 Å². The molecule has 4 heteroatoms. The van der Waals surface area contributed by atoms with E-state index in [4.69, 9.17) is 16.3 Å². The molecule has 1 saturated heterocycles. The number of aliphatic hydroxyl groups is 1. The van der Waals surface area contributed by atoms with E-state index < -0.39 is 5.60 Å². The molecule has 1 aromatic carbocycles. The van der Waals surface area contributed by atoms with Gasteiger partial charge in [-0.05, 0) is 31.9 Å². The van der Waals surface area contributed by atoms with Crippen molar-refractivity contribution in [3.8, 4) is 5.75 Å². The van der Waals surface area contributed by atoms with Crippen molar-refractivity contribution in [2.24, 2.45) is 0 Å². The van der Waals surface area contributed by atoms with Crippen LogP contribution in [0.25, 0.3) is 0 Å². The highest BCUT2D eigenvalue weighted by atomic mass is 35.5. The summed E-state index contributed by atoms with van der Waals surface area (Å²) in [6.45, 7) is 5.27. The number of para-hydroxylation sites is 1. The lowest BCUT2D eigenvalue weighted by atomic mass is 9.94. The molecular weight excluding hydrogens is 250 g/mol. The summed E-state index contributed by atoms with van der Waals surface area (Å²) < 4.78 is 5.66. The van der Waals surface area contributed by atoms with Gasteiger partial charge < -0.3 is 9.84 Å². The third-order valence-electron chi connectivity index (χ3n) is 3.43. The molecule has 1 aromatic rings. The molecule has 1 aliphatic heterocycles. The second-order valence-corrected chi connectivity index (χ2v) is 5.52. The SMILES string of the molecule is CC1(O)CCN(CCOc2ccccc2Cl)CC1. The van der Waals surface area contributed by atoms with E-state index in [9.17, 15) is 5.11 Å². The van der Waals surface area contributed by atoms with E-state index in [1.54, 1.807) is 0 Å². The Balaban J connectivity index is 1.72. The summed E-state index contributed by atoms with van der Waals surface area (Å²) in [5, 5.41) is 10.5. The number of ether oxygens (including phenoxy) is 1. The molecule has 0 amide bonds. The fourth-order valence-corrected chi connectivity index (χ4v) is 2.30. The summed E-state index contributed by atoms with van der Waals surface area (Å²) in [4.78, 5) is 2.31. The van der Waals surface area contributed by atoms with Crippen LogP contribution in [0.2, 0.25) is 5.02 Å². The second-order valence-electron chi connectivity index (χ2n) is 5.12. The number of benzene rings is 1. The molecule has 2 rings (SSSR count). The first kappa shape index (κ1) is 13.7. The van der Waals surface area contributed by atoms with Gasteiger partial charge in [0.15, 0.2) is 0 Å². The zero-order valence-electron chi connectivity index (χ0n) is 10.7. The van der Waals surface area contributed by atoms with Crippen molar-refractivity contribution in [1.82, 2.24) is 4.90 Å². The normalized spacial score (nSPS) is 19.7. The Kier molecular flexibility index (Phi) is 4.49. The van der Waals surface area contributed by atoms with Gasteiger partial charge in [0.05, 0.1) is 10.6 Å². The Morgan fingerprint density at radius 1 is 1.33 bits per heavy atom. The zero-order valence-corrected chi connectivity index (χ0v) is 11.5. The lowest BCUT2D eigenvalue weighted by Gasteiger charge is -2.35. The minimum Gasteiger partial charge on any atom is -0.491 e. The number of hydrogen-bond acceptors (Lipinski definition) is 3. The van der Waals surface area contributed by atoms with Crippen molar-refractivity contribution in [1.29, 1.82) is 0 Å². The van der Waals surface area contributed by atoms with Crippen molar-refractivity contribution in [3.05, 3.63) is 29.3 Å². The van der Waals surface area contributed by atoms with Gasteiger partial charge in [0.1, 0.15) is 12.4 Å². The smallest absolute Gasteiger partial charge is 0.137 e. The molecule has 0 unspecified atom stereocenters. The average molecular weight is 270 g/mol. The first-order chi connectivity index (χ1) is 8.57. The first-order valence-corrected chi connectivity index (χ1v) is 6.77. The minimum absolute atomic E-state index is 0.486. The highest BCUT2D eigenvalue weighted by Gasteiger charge is 2.26. The van der Waals surface area contributed by atoms with Crippen LogP contribution in [0.5, 0.6) is 5.75 Å². The zero-order chi connectivity index (χ0) is 13.0. The second kappa shape index (κ2) is 5.91. The highest BCUT2D eigenvalue weighted by Crippen LogP contribution is 2.23. The molecule has 3 nitrogen and oxygen atoms in total. The van der Waals surface area contributed by atoms with Gasteiger partial charge in [0.25, 0.3) is 0 Å². The van der Waals surface area contributed by atoms with Crippen molar-refractivity contribution in [2.45, 2.75) is 25.4 Å². The Bertz CT molecular complexity index is 385. The number of halogens is 1. The van der Waals surface area contributed by atoms with Crippen LogP contribution in [-0.4, -0.2) is 41.8 Å². The molecule has 0 bridgehead atoms. The summed E-state index contributed by atoms with van der Waals surface area (Å²) in [6.07, 6.45) is 1.66. The van der Waals surface area contributed by atoms with Crippen molar-refractivity contribution in [3.63, 3.8) is 0 Å². The molecule has 1 aliphatic rings. The fourth-order valence-electron chi connectivity index (χ4n) is 2.10.